The number of amides is 1. The van der Waals surface area contributed by atoms with E-state index in [1.54, 1.807) is 7.11 Å². The van der Waals surface area contributed by atoms with Crippen LogP contribution in [0, 0.1) is 6.92 Å². The highest BCUT2D eigenvalue weighted by atomic mass is 79.9. The molecule has 1 aromatic heterocycles. The minimum absolute atomic E-state index is 0.140. The van der Waals surface area contributed by atoms with Crippen molar-refractivity contribution >= 4 is 38.9 Å². The van der Waals surface area contributed by atoms with E-state index in [1.165, 1.54) is 11.3 Å². The van der Waals surface area contributed by atoms with Crippen molar-refractivity contribution in [1.82, 2.24) is 0 Å². The minimum atomic E-state index is -0.140. The average molecular weight is 326 g/mol. The van der Waals surface area contributed by atoms with Gasteiger partial charge >= 0.3 is 0 Å². The number of carbonyl (C=O) groups excluding carboxylic acids is 1. The molecule has 3 nitrogen and oxygen atoms in total. The highest BCUT2D eigenvalue weighted by Crippen LogP contribution is 2.28. The lowest BCUT2D eigenvalue weighted by molar-refractivity contribution is 0.102. The third-order valence-electron chi connectivity index (χ3n) is 2.43. The molecule has 1 aromatic carbocycles. The Morgan fingerprint density at radius 3 is 2.78 bits per heavy atom. The predicted octanol–water partition coefficient (Wildman–Crippen LogP) is 4.08. The number of rotatable bonds is 3. The van der Waals surface area contributed by atoms with Crippen LogP contribution in [0.5, 0.6) is 5.75 Å². The van der Waals surface area contributed by atoms with Gasteiger partial charge in [-0.25, -0.2) is 0 Å². The van der Waals surface area contributed by atoms with Crippen molar-refractivity contribution in [2.75, 3.05) is 12.4 Å². The Hall–Kier alpha value is -1.33. The van der Waals surface area contributed by atoms with Crippen LogP contribution in [-0.4, -0.2) is 13.0 Å². The summed E-state index contributed by atoms with van der Waals surface area (Å²) in [5, 5.41) is 4.71. The summed E-state index contributed by atoms with van der Waals surface area (Å²) in [5.74, 6) is 0.523. The molecule has 5 heteroatoms. The summed E-state index contributed by atoms with van der Waals surface area (Å²) in [6.45, 7) is 1.98. The van der Waals surface area contributed by atoms with E-state index in [0.29, 0.717) is 16.3 Å². The summed E-state index contributed by atoms with van der Waals surface area (Å²) in [6, 6.07) is 7.51. The molecule has 18 heavy (non-hydrogen) atoms. The van der Waals surface area contributed by atoms with E-state index in [2.05, 4.69) is 21.2 Å². The maximum Gasteiger partial charge on any atom is 0.266 e. The molecule has 0 spiro atoms. The van der Waals surface area contributed by atoms with Gasteiger partial charge in [-0.15, -0.1) is 11.3 Å². The Morgan fingerprint density at radius 1 is 1.39 bits per heavy atom. The number of nitrogens with one attached hydrogen (secondary N) is 1. The third kappa shape index (κ3) is 2.73. The Morgan fingerprint density at radius 2 is 2.17 bits per heavy atom. The summed E-state index contributed by atoms with van der Waals surface area (Å²) in [6.07, 6.45) is 0. The average Bonchev–Trinajstić information content (AvgIpc) is 2.77. The van der Waals surface area contributed by atoms with Crippen LogP contribution in [0.15, 0.2) is 34.1 Å². The molecule has 1 N–H and O–H groups in total. The van der Waals surface area contributed by atoms with Gasteiger partial charge in [0.05, 0.1) is 12.8 Å². The molecule has 0 saturated carbocycles. The summed E-state index contributed by atoms with van der Waals surface area (Å²) in [5.41, 5.74) is 1.76. The topological polar surface area (TPSA) is 38.3 Å². The normalized spacial score (nSPS) is 10.2. The van der Waals surface area contributed by atoms with E-state index >= 15 is 0 Å². The lowest BCUT2D eigenvalue weighted by atomic mass is 10.2. The molecule has 0 bridgehead atoms. The smallest absolute Gasteiger partial charge is 0.266 e. The Bertz CT molecular complexity index is 580. The number of halogens is 1. The molecule has 0 aliphatic heterocycles. The van der Waals surface area contributed by atoms with Gasteiger partial charge in [0.1, 0.15) is 10.6 Å². The number of ether oxygens (including phenoxy) is 1. The molecule has 0 aliphatic rings. The molecule has 2 rings (SSSR count). The predicted molar refractivity (Wildman–Crippen MR) is 77.7 cm³/mol. The van der Waals surface area contributed by atoms with Crippen LogP contribution in [-0.2, 0) is 0 Å². The van der Waals surface area contributed by atoms with Gasteiger partial charge < -0.3 is 10.1 Å². The largest absolute Gasteiger partial charge is 0.495 e. The molecule has 1 amide bonds. The van der Waals surface area contributed by atoms with Crippen molar-refractivity contribution in [3.8, 4) is 5.75 Å². The summed E-state index contributed by atoms with van der Waals surface area (Å²) < 4.78 is 6.05. The highest BCUT2D eigenvalue weighted by molar-refractivity contribution is 9.10. The van der Waals surface area contributed by atoms with Crippen LogP contribution < -0.4 is 10.1 Å². The van der Waals surface area contributed by atoms with Crippen LogP contribution in [0.4, 0.5) is 5.69 Å². The van der Waals surface area contributed by atoms with E-state index in [1.807, 2.05) is 36.6 Å². The van der Waals surface area contributed by atoms with Gasteiger partial charge in [0.2, 0.25) is 0 Å². The summed E-state index contributed by atoms with van der Waals surface area (Å²) >= 11 is 4.74. The highest BCUT2D eigenvalue weighted by Gasteiger charge is 2.13. The molecule has 1 heterocycles. The SMILES string of the molecule is COc1cc(C)ccc1NC(=O)c1sccc1Br. The molecular formula is C13H12BrNO2S. The van der Waals surface area contributed by atoms with Gasteiger partial charge in [0.25, 0.3) is 5.91 Å². The van der Waals surface area contributed by atoms with Gasteiger partial charge in [-0.2, -0.15) is 0 Å². The molecule has 0 fully saturated rings. The zero-order valence-electron chi connectivity index (χ0n) is 9.99. The second-order valence-corrected chi connectivity index (χ2v) is 5.53. The number of carbonyl (C=O) groups is 1. The molecule has 2 aromatic rings. The van der Waals surface area contributed by atoms with Crippen molar-refractivity contribution in [2.24, 2.45) is 0 Å². The quantitative estimate of drug-likeness (QED) is 0.923. The fourth-order valence-electron chi connectivity index (χ4n) is 1.54. The molecule has 0 unspecified atom stereocenters. The first-order valence-corrected chi connectivity index (χ1v) is 6.98. The number of aryl methyl sites for hydroxylation is 1. The van der Waals surface area contributed by atoms with Crippen molar-refractivity contribution in [2.45, 2.75) is 6.92 Å². The summed E-state index contributed by atoms with van der Waals surface area (Å²) in [4.78, 5) is 12.7. The van der Waals surface area contributed by atoms with Gasteiger partial charge in [-0.3, -0.25) is 4.79 Å². The van der Waals surface area contributed by atoms with Crippen molar-refractivity contribution in [3.05, 3.63) is 44.6 Å². The first-order chi connectivity index (χ1) is 8.61. The van der Waals surface area contributed by atoms with Crippen LogP contribution in [0.2, 0.25) is 0 Å². The first-order valence-electron chi connectivity index (χ1n) is 5.31. The molecule has 0 radical (unpaired) electrons. The fourth-order valence-corrected chi connectivity index (χ4v) is 2.98. The van der Waals surface area contributed by atoms with Gasteiger partial charge in [0.15, 0.2) is 0 Å². The van der Waals surface area contributed by atoms with E-state index in [0.717, 1.165) is 10.0 Å². The monoisotopic (exact) mass is 325 g/mol. The van der Waals surface area contributed by atoms with E-state index in [-0.39, 0.29) is 5.91 Å². The van der Waals surface area contributed by atoms with E-state index < -0.39 is 0 Å². The van der Waals surface area contributed by atoms with Gasteiger partial charge in [0, 0.05) is 4.47 Å². The van der Waals surface area contributed by atoms with Crippen molar-refractivity contribution < 1.29 is 9.53 Å². The van der Waals surface area contributed by atoms with Gasteiger partial charge in [-0.1, -0.05) is 6.07 Å². The maximum atomic E-state index is 12.1. The molecule has 0 atom stereocenters. The second-order valence-electron chi connectivity index (χ2n) is 3.76. The number of thiophene rings is 1. The van der Waals surface area contributed by atoms with Crippen LogP contribution in [0.25, 0.3) is 0 Å². The number of hydrogen-bond donors (Lipinski definition) is 1. The van der Waals surface area contributed by atoms with Gasteiger partial charge in [-0.05, 0) is 52.0 Å². The van der Waals surface area contributed by atoms with Crippen LogP contribution in [0.3, 0.4) is 0 Å². The molecule has 94 valence electrons. The first kappa shape index (κ1) is 13.1. The number of hydrogen-bond acceptors (Lipinski definition) is 3. The molecular weight excluding hydrogens is 314 g/mol. The molecule has 0 aliphatic carbocycles. The van der Waals surface area contributed by atoms with Crippen LogP contribution in [0.1, 0.15) is 15.2 Å². The number of benzene rings is 1. The maximum absolute atomic E-state index is 12.1. The number of anilines is 1. The zero-order chi connectivity index (χ0) is 13.1. The van der Waals surface area contributed by atoms with Crippen LogP contribution >= 0.6 is 27.3 Å². The van der Waals surface area contributed by atoms with E-state index in [4.69, 9.17) is 4.74 Å². The lowest BCUT2D eigenvalue weighted by Gasteiger charge is -2.10. The summed E-state index contributed by atoms with van der Waals surface area (Å²) in [7, 11) is 1.59. The Balaban J connectivity index is 2.24. The minimum Gasteiger partial charge on any atom is -0.495 e. The Kier molecular flexibility index (Phi) is 4.04. The molecule has 0 saturated heterocycles. The number of methoxy groups -OCH3 is 1. The lowest BCUT2D eigenvalue weighted by Crippen LogP contribution is -2.11. The van der Waals surface area contributed by atoms with Crippen molar-refractivity contribution in [1.29, 1.82) is 0 Å². The standard InChI is InChI=1S/C13H12BrNO2S/c1-8-3-4-10(11(7-8)17-2)15-13(16)12-9(14)5-6-18-12/h3-7H,1-2H3,(H,15,16). The Labute approximate surface area is 118 Å². The van der Waals surface area contributed by atoms with E-state index in [9.17, 15) is 4.79 Å². The fraction of sp³-hybridized carbons (Fsp3) is 0.154. The third-order valence-corrected chi connectivity index (χ3v) is 4.27. The zero-order valence-corrected chi connectivity index (χ0v) is 12.4. The van der Waals surface area contributed by atoms with Crippen molar-refractivity contribution in [3.63, 3.8) is 0 Å². The second kappa shape index (κ2) is 5.54.